The number of carbonyl (C=O) groups is 6. The summed E-state index contributed by atoms with van der Waals surface area (Å²) in [6, 6.07) is 75.4. The minimum absolute atomic E-state index is 0. The van der Waals surface area contributed by atoms with Crippen LogP contribution in [0.2, 0.25) is 0 Å². The molecule has 0 aliphatic heterocycles. The van der Waals surface area contributed by atoms with Crippen LogP contribution in [-0.4, -0.2) is 66.6 Å². The molecule has 562 valence electrons. The molecule has 9 aromatic carbocycles. The fourth-order valence-corrected chi connectivity index (χ4v) is 13.4. The molecule has 2 atom stereocenters. The maximum absolute atomic E-state index is 12.7. The molecule has 3 N–H and O–H groups in total. The monoisotopic (exact) mass is 1480 g/mol. The molecule has 12 aromatic rings. The number of rotatable bonds is 24. The SMILES string of the molecule is C.CC.Cc1noc(-c2ccc(-c3ccc(C4(C(=O)O)CC4)cc3)cc2)c1CC(=O)OCc1ccccc1.Cc1noc(-c2ccc(-c3ccc(C4(C(=O)O)CC4)cc3)cc2)c1CC(=O)O[C@H](C)c1ccccc1.Cc1noc(-c2ccc(-c3ccc(C4(C(=O)O)CC4)cc3)cc2)c1CC(=O)O[C@H](C)c1ccccc1. The van der Waals surface area contributed by atoms with Crippen molar-refractivity contribution in [3.8, 4) is 67.4 Å². The number of aliphatic carboxylic acids is 3. The third-order valence-corrected chi connectivity index (χ3v) is 20.5. The number of carboxylic acid groups (broad SMARTS) is 3. The fourth-order valence-electron chi connectivity index (χ4n) is 13.4. The van der Waals surface area contributed by atoms with Gasteiger partial charge in [-0.25, -0.2) is 0 Å². The van der Waals surface area contributed by atoms with Crippen LogP contribution >= 0.6 is 0 Å². The molecule has 0 radical (unpaired) electrons. The third-order valence-electron chi connectivity index (χ3n) is 20.5. The van der Waals surface area contributed by atoms with Gasteiger partial charge in [-0.3, -0.25) is 28.8 Å². The van der Waals surface area contributed by atoms with Crippen molar-refractivity contribution in [3.05, 3.63) is 304 Å². The number of hydrogen-bond donors (Lipinski definition) is 3. The number of benzene rings is 9. The van der Waals surface area contributed by atoms with Gasteiger partial charge in [-0.1, -0.05) is 273 Å². The Bertz CT molecular complexity index is 4930. The van der Waals surface area contributed by atoms with Gasteiger partial charge < -0.3 is 43.1 Å². The zero-order chi connectivity index (χ0) is 77.0. The Balaban J connectivity index is 0.000000161. The molecule has 3 fully saturated rings. The van der Waals surface area contributed by atoms with Gasteiger partial charge in [-0.05, 0) is 140 Å². The smallest absolute Gasteiger partial charge is 0.314 e. The number of nitrogens with zero attached hydrogens (tertiary/aromatic N) is 3. The second-order valence-electron chi connectivity index (χ2n) is 27.6. The van der Waals surface area contributed by atoms with Crippen LogP contribution in [0, 0.1) is 20.8 Å². The van der Waals surface area contributed by atoms with Gasteiger partial charge in [-0.2, -0.15) is 0 Å². The van der Waals surface area contributed by atoms with Crippen LogP contribution in [0.15, 0.2) is 250 Å². The lowest BCUT2D eigenvalue weighted by molar-refractivity contribution is -0.148. The molecule has 18 nitrogen and oxygen atoms in total. The molecule has 110 heavy (non-hydrogen) atoms. The van der Waals surface area contributed by atoms with Crippen molar-refractivity contribution >= 4 is 35.8 Å². The normalized spacial score (nSPS) is 14.1. The van der Waals surface area contributed by atoms with E-state index in [1.807, 2.05) is 285 Å². The molecule has 3 heterocycles. The summed E-state index contributed by atoms with van der Waals surface area (Å²) in [6.45, 7) is 13.4. The number of carbonyl (C=O) groups excluding carboxylic acids is 3. The topological polar surface area (TPSA) is 269 Å². The Morgan fingerprint density at radius 3 is 0.845 bits per heavy atom. The van der Waals surface area contributed by atoms with Gasteiger partial charge in [0.15, 0.2) is 17.3 Å². The molecule has 0 amide bonds. The average Bonchev–Trinajstić information content (AvgIpc) is 1.61. The minimum atomic E-state index is -0.754. The molecule has 18 heteroatoms. The molecule has 0 saturated heterocycles. The molecular formula is C92H89N3O15. The zero-order valence-corrected chi connectivity index (χ0v) is 61.8. The fraction of sp³-hybridized carbons (Fsp3) is 0.250. The van der Waals surface area contributed by atoms with Crippen LogP contribution < -0.4 is 0 Å². The van der Waals surface area contributed by atoms with Gasteiger partial charge in [0, 0.05) is 33.4 Å². The number of aromatic nitrogens is 3. The van der Waals surface area contributed by atoms with Gasteiger partial charge in [0.05, 0.1) is 52.6 Å². The van der Waals surface area contributed by atoms with Crippen LogP contribution in [0.5, 0.6) is 0 Å². The third kappa shape index (κ3) is 17.8. The van der Waals surface area contributed by atoms with Gasteiger partial charge in [0.25, 0.3) is 0 Å². The first-order valence-corrected chi connectivity index (χ1v) is 36.6. The molecule has 15 rings (SSSR count). The van der Waals surface area contributed by atoms with Crippen LogP contribution in [0.1, 0.15) is 153 Å². The summed E-state index contributed by atoms with van der Waals surface area (Å²) >= 11 is 0. The Hall–Kier alpha value is -12.6. The van der Waals surface area contributed by atoms with E-state index in [2.05, 4.69) is 15.5 Å². The minimum Gasteiger partial charge on any atom is -0.481 e. The Morgan fingerprint density at radius 2 is 0.591 bits per heavy atom. The first-order valence-electron chi connectivity index (χ1n) is 36.6. The largest absolute Gasteiger partial charge is 0.481 e. The van der Waals surface area contributed by atoms with E-state index in [1.165, 1.54) is 0 Å². The molecule has 0 bridgehead atoms. The first-order chi connectivity index (χ1) is 52.7. The quantitative estimate of drug-likeness (QED) is 0.0375. The maximum atomic E-state index is 12.7. The summed E-state index contributed by atoms with van der Waals surface area (Å²) in [4.78, 5) is 72.6. The molecule has 3 saturated carbocycles. The predicted octanol–water partition coefficient (Wildman–Crippen LogP) is 19.9. The second-order valence-corrected chi connectivity index (χ2v) is 27.6. The van der Waals surface area contributed by atoms with E-state index in [1.54, 1.807) is 0 Å². The molecule has 3 aromatic heterocycles. The van der Waals surface area contributed by atoms with E-state index < -0.39 is 34.2 Å². The van der Waals surface area contributed by atoms with Gasteiger partial charge >= 0.3 is 35.8 Å². The highest BCUT2D eigenvalue weighted by Gasteiger charge is 2.53. The number of hydrogen-bond acceptors (Lipinski definition) is 15. The van der Waals surface area contributed by atoms with Crippen LogP contribution in [0.4, 0.5) is 0 Å². The summed E-state index contributed by atoms with van der Waals surface area (Å²) in [5.74, 6) is -1.63. The number of esters is 3. The Morgan fingerprint density at radius 1 is 0.355 bits per heavy atom. The molecule has 3 aliphatic rings. The summed E-state index contributed by atoms with van der Waals surface area (Å²) in [7, 11) is 0. The Kier molecular flexibility index (Phi) is 24.7. The van der Waals surface area contributed by atoms with Crippen LogP contribution in [-0.2, 0) is 85.1 Å². The van der Waals surface area contributed by atoms with Crippen molar-refractivity contribution < 1.29 is 71.9 Å². The van der Waals surface area contributed by atoms with Crippen LogP contribution in [0.3, 0.4) is 0 Å². The van der Waals surface area contributed by atoms with Crippen molar-refractivity contribution in [3.63, 3.8) is 0 Å². The van der Waals surface area contributed by atoms with Gasteiger partial charge in [0.1, 0.15) is 18.8 Å². The van der Waals surface area contributed by atoms with E-state index in [0.29, 0.717) is 89.6 Å². The summed E-state index contributed by atoms with van der Waals surface area (Å²) in [5.41, 5.74) is 15.8. The molecule has 0 unspecified atom stereocenters. The summed E-state index contributed by atoms with van der Waals surface area (Å²) in [6.07, 6.45) is 3.64. The molecule has 3 aliphatic carbocycles. The number of carboxylic acids is 3. The van der Waals surface area contributed by atoms with Gasteiger partial charge in [-0.15, -0.1) is 0 Å². The molecule has 0 spiro atoms. The zero-order valence-electron chi connectivity index (χ0n) is 61.8. The second kappa shape index (κ2) is 34.5. The maximum Gasteiger partial charge on any atom is 0.314 e. The lowest BCUT2D eigenvalue weighted by atomic mass is 9.93. The van der Waals surface area contributed by atoms with Gasteiger partial charge in [0.2, 0.25) is 0 Å². The first kappa shape index (κ1) is 78.5. The van der Waals surface area contributed by atoms with Crippen molar-refractivity contribution in [2.75, 3.05) is 0 Å². The van der Waals surface area contributed by atoms with E-state index in [-0.39, 0.29) is 63.4 Å². The van der Waals surface area contributed by atoms with Crippen molar-refractivity contribution in [2.45, 2.75) is 149 Å². The van der Waals surface area contributed by atoms with Crippen molar-refractivity contribution in [2.24, 2.45) is 0 Å². The lowest BCUT2D eigenvalue weighted by Crippen LogP contribution is -2.19. The standard InChI is InChI=1S/2C30H27NO5.C29H25NO5.C2H6.CH4/c2*1-19-26(18-27(32)35-20(2)21-6-4-3-5-7-21)28(36-31-19)24-10-8-22(9-11-24)23-12-14-25(15-13-23)30(16-17-30)29(33)34;1-19-25(17-26(31)34-18-20-5-3-2-4-6-20)27(35-30-19)23-9-7-21(8-10-23)22-11-13-24(14-12-22)29(15-16-29)28(32)33;1-2;/h2*3-15,20H,16-18H2,1-2H3,(H,33,34);2-14H,15-18H2,1H3,(H,32,33);1-2H3;1H4/t2*20-;;;/m11.../s1. The molecular weight excluding hydrogens is 1390 g/mol. The predicted molar refractivity (Wildman–Crippen MR) is 419 cm³/mol. The van der Waals surface area contributed by atoms with Crippen molar-refractivity contribution in [1.29, 1.82) is 0 Å². The van der Waals surface area contributed by atoms with E-state index >= 15 is 0 Å². The summed E-state index contributed by atoms with van der Waals surface area (Å²) < 4.78 is 33.4. The average molecular weight is 1480 g/mol. The summed E-state index contributed by atoms with van der Waals surface area (Å²) in [5, 5.41) is 40.8. The van der Waals surface area contributed by atoms with E-state index in [0.717, 1.165) is 83.5 Å². The van der Waals surface area contributed by atoms with E-state index in [9.17, 15) is 44.1 Å². The van der Waals surface area contributed by atoms with E-state index in [4.69, 9.17) is 27.8 Å². The van der Waals surface area contributed by atoms with Crippen molar-refractivity contribution in [1.82, 2.24) is 15.5 Å². The lowest BCUT2D eigenvalue weighted by Gasteiger charge is -2.13. The number of aryl methyl sites for hydroxylation is 3. The highest BCUT2D eigenvalue weighted by Crippen LogP contribution is 2.51. The highest BCUT2D eigenvalue weighted by atomic mass is 16.6. The highest BCUT2D eigenvalue weighted by molar-refractivity contribution is 5.88. The van der Waals surface area contributed by atoms with Crippen LogP contribution in [0.25, 0.3) is 67.4 Å². The number of ether oxygens (including phenoxy) is 3. The Labute approximate surface area is 639 Å².